The maximum absolute atomic E-state index is 14.2. The normalized spacial score (nSPS) is 18.1. The Kier molecular flexibility index (Phi) is 8.24. The van der Waals surface area contributed by atoms with Gasteiger partial charge in [0.25, 0.3) is 5.60 Å². The average molecular weight is 596 g/mol. The third-order valence-electron chi connectivity index (χ3n) is 5.16. The van der Waals surface area contributed by atoms with Crippen molar-refractivity contribution in [2.24, 2.45) is 5.16 Å². The van der Waals surface area contributed by atoms with Gasteiger partial charge in [-0.2, -0.15) is 26.3 Å². The van der Waals surface area contributed by atoms with Crippen molar-refractivity contribution in [3.8, 4) is 0 Å². The standard InChI is InChI=1S/C21H15Cl3F6N2O3S/c1-9-4-15(36-18(9)14(33)2-3-16(34)31-8-20(25,26)27)13-7-19(35-32-13,21(28,29)30)10-5-11(22)17(24)12(23)6-10/h4-6H,2-3,7-8H2,1H3,(H,31,34). The first-order valence-electron chi connectivity index (χ1n) is 9.98. The number of ketones is 1. The zero-order valence-corrected chi connectivity index (χ0v) is 21.1. The van der Waals surface area contributed by atoms with Gasteiger partial charge in [-0.25, -0.2) is 0 Å². The summed E-state index contributed by atoms with van der Waals surface area (Å²) in [6.45, 7) is 0.0100. The second-order valence-electron chi connectivity index (χ2n) is 7.82. The Morgan fingerprint density at radius 3 is 2.25 bits per heavy atom. The molecule has 0 saturated heterocycles. The summed E-state index contributed by atoms with van der Waals surface area (Å²) in [5, 5.41) is 4.75. The molecule has 2 aromatic rings. The van der Waals surface area contributed by atoms with Crippen molar-refractivity contribution in [2.75, 3.05) is 6.54 Å². The molecule has 1 unspecified atom stereocenters. The molecule has 1 aliphatic rings. The number of rotatable bonds is 7. The fourth-order valence-corrected chi connectivity index (χ4v) is 5.07. The molecule has 2 heterocycles. The molecule has 1 amide bonds. The molecule has 0 bridgehead atoms. The number of alkyl halides is 6. The molecular weight excluding hydrogens is 581 g/mol. The Morgan fingerprint density at radius 2 is 1.69 bits per heavy atom. The number of oxime groups is 1. The van der Waals surface area contributed by atoms with Crippen LogP contribution in [-0.4, -0.2) is 36.3 Å². The summed E-state index contributed by atoms with van der Waals surface area (Å²) in [6.07, 6.45) is -11.1. The molecule has 1 aliphatic heterocycles. The van der Waals surface area contributed by atoms with E-state index >= 15 is 0 Å². The lowest BCUT2D eigenvalue weighted by atomic mass is 9.88. The van der Waals surface area contributed by atoms with Crippen LogP contribution in [0.15, 0.2) is 23.4 Å². The van der Waals surface area contributed by atoms with E-state index in [1.54, 1.807) is 5.32 Å². The fraction of sp³-hybridized carbons (Fsp3) is 0.381. The number of benzene rings is 1. The van der Waals surface area contributed by atoms with E-state index in [-0.39, 0.29) is 37.0 Å². The lowest BCUT2D eigenvalue weighted by molar-refractivity contribution is -0.275. The Morgan fingerprint density at radius 1 is 1.08 bits per heavy atom. The highest BCUT2D eigenvalue weighted by Gasteiger charge is 2.62. The van der Waals surface area contributed by atoms with Crippen LogP contribution in [0, 0.1) is 6.92 Å². The summed E-state index contributed by atoms with van der Waals surface area (Å²) < 4.78 is 79.2. The predicted molar refractivity (Wildman–Crippen MR) is 123 cm³/mol. The minimum atomic E-state index is -4.94. The van der Waals surface area contributed by atoms with Crippen LogP contribution in [0.5, 0.6) is 0 Å². The van der Waals surface area contributed by atoms with Gasteiger partial charge in [0.05, 0.1) is 31.2 Å². The van der Waals surface area contributed by atoms with Gasteiger partial charge in [-0.3, -0.25) is 9.59 Å². The van der Waals surface area contributed by atoms with E-state index in [1.165, 1.54) is 13.0 Å². The first kappa shape index (κ1) is 28.5. The number of nitrogens with zero attached hydrogens (tertiary/aromatic N) is 1. The maximum atomic E-state index is 14.2. The smallest absolute Gasteiger partial charge is 0.374 e. The van der Waals surface area contributed by atoms with Crippen LogP contribution in [0.1, 0.15) is 44.9 Å². The van der Waals surface area contributed by atoms with Gasteiger partial charge in [0.15, 0.2) is 5.78 Å². The van der Waals surface area contributed by atoms with E-state index in [4.69, 9.17) is 39.6 Å². The van der Waals surface area contributed by atoms with Crippen molar-refractivity contribution in [1.29, 1.82) is 0 Å². The number of thiophene rings is 1. The zero-order chi connectivity index (χ0) is 27.1. The molecule has 15 heteroatoms. The molecule has 0 saturated carbocycles. The van der Waals surface area contributed by atoms with Crippen LogP contribution in [0.25, 0.3) is 0 Å². The van der Waals surface area contributed by atoms with E-state index in [2.05, 4.69) is 5.16 Å². The number of carbonyl (C=O) groups excluding carboxylic acids is 2. The van der Waals surface area contributed by atoms with Crippen LogP contribution in [0.3, 0.4) is 0 Å². The highest BCUT2D eigenvalue weighted by atomic mass is 35.5. The first-order valence-corrected chi connectivity index (χ1v) is 11.9. The minimum Gasteiger partial charge on any atom is -0.374 e. The van der Waals surface area contributed by atoms with Crippen molar-refractivity contribution >= 4 is 63.5 Å². The number of aryl methyl sites for hydroxylation is 1. The number of hydrogen-bond donors (Lipinski definition) is 1. The van der Waals surface area contributed by atoms with Crippen LogP contribution in [0.4, 0.5) is 26.3 Å². The second-order valence-corrected chi connectivity index (χ2v) is 10.1. The van der Waals surface area contributed by atoms with Gasteiger partial charge in [0, 0.05) is 18.4 Å². The topological polar surface area (TPSA) is 67.8 Å². The SMILES string of the molecule is Cc1cc(C2=NOC(c3cc(Cl)c(Cl)c(Cl)c3)(C(F)(F)F)C2)sc1C(=O)CCC(=O)NCC(F)(F)F. The van der Waals surface area contributed by atoms with Crippen molar-refractivity contribution < 1.29 is 40.8 Å². The van der Waals surface area contributed by atoms with E-state index < -0.39 is 54.6 Å². The van der Waals surface area contributed by atoms with E-state index in [0.717, 1.165) is 23.5 Å². The summed E-state index contributed by atoms with van der Waals surface area (Å²) in [7, 11) is 0. The lowest BCUT2D eigenvalue weighted by Crippen LogP contribution is -2.42. The van der Waals surface area contributed by atoms with Crippen LogP contribution in [-0.2, 0) is 15.2 Å². The highest BCUT2D eigenvalue weighted by Crippen LogP contribution is 2.51. The largest absolute Gasteiger partial charge is 0.435 e. The van der Waals surface area contributed by atoms with Crippen LogP contribution < -0.4 is 5.32 Å². The molecule has 0 fully saturated rings. The van der Waals surface area contributed by atoms with Gasteiger partial charge in [0.2, 0.25) is 5.91 Å². The second kappa shape index (κ2) is 10.4. The molecular formula is C21H15Cl3F6N2O3S. The lowest BCUT2D eigenvalue weighted by Gasteiger charge is -2.29. The zero-order valence-electron chi connectivity index (χ0n) is 18.0. The van der Waals surface area contributed by atoms with E-state index in [0.29, 0.717) is 5.56 Å². The van der Waals surface area contributed by atoms with Crippen molar-refractivity contribution in [3.05, 3.63) is 54.1 Å². The molecule has 3 rings (SSSR count). The maximum Gasteiger partial charge on any atom is 0.435 e. The number of hydrogen-bond acceptors (Lipinski definition) is 5. The minimum absolute atomic E-state index is 0.0930. The highest BCUT2D eigenvalue weighted by molar-refractivity contribution is 7.16. The van der Waals surface area contributed by atoms with Crippen LogP contribution >= 0.6 is 46.1 Å². The number of nitrogens with one attached hydrogen (secondary N) is 1. The molecule has 36 heavy (non-hydrogen) atoms. The molecule has 0 radical (unpaired) electrons. The summed E-state index contributed by atoms with van der Waals surface area (Å²) in [5.41, 5.74) is -3.01. The quantitative estimate of drug-likeness (QED) is 0.208. The van der Waals surface area contributed by atoms with E-state index in [1.807, 2.05) is 0 Å². The summed E-state index contributed by atoms with van der Waals surface area (Å²) in [6, 6.07) is 3.42. The van der Waals surface area contributed by atoms with Gasteiger partial charge in [-0.15, -0.1) is 11.3 Å². The first-order chi connectivity index (χ1) is 16.5. The molecule has 196 valence electrons. The summed E-state index contributed by atoms with van der Waals surface area (Å²) in [4.78, 5) is 29.4. The Balaban J connectivity index is 1.78. The summed E-state index contributed by atoms with van der Waals surface area (Å²) in [5.74, 6) is -1.51. The van der Waals surface area contributed by atoms with Crippen LogP contribution in [0.2, 0.25) is 15.1 Å². The van der Waals surface area contributed by atoms with Gasteiger partial charge in [0.1, 0.15) is 12.3 Å². The van der Waals surface area contributed by atoms with Crippen molar-refractivity contribution in [2.45, 2.75) is 44.1 Å². The molecule has 1 N–H and O–H groups in total. The molecule has 0 spiro atoms. The van der Waals surface area contributed by atoms with Crippen molar-refractivity contribution in [1.82, 2.24) is 5.32 Å². The molecule has 5 nitrogen and oxygen atoms in total. The Hall–Kier alpha value is -2.02. The van der Waals surface area contributed by atoms with Gasteiger partial charge < -0.3 is 10.2 Å². The Labute approximate surface area is 219 Å². The van der Waals surface area contributed by atoms with Gasteiger partial charge in [-0.1, -0.05) is 40.0 Å². The number of carbonyl (C=O) groups is 2. The summed E-state index contributed by atoms with van der Waals surface area (Å²) >= 11 is 18.5. The monoisotopic (exact) mass is 594 g/mol. The van der Waals surface area contributed by atoms with Crippen molar-refractivity contribution in [3.63, 3.8) is 0 Å². The Bertz CT molecular complexity index is 1210. The molecule has 0 aliphatic carbocycles. The van der Waals surface area contributed by atoms with Gasteiger partial charge >= 0.3 is 12.4 Å². The van der Waals surface area contributed by atoms with E-state index in [9.17, 15) is 35.9 Å². The number of halogens is 9. The molecule has 1 aromatic heterocycles. The van der Waals surface area contributed by atoms with Gasteiger partial charge in [-0.05, 0) is 30.7 Å². The number of amides is 1. The third-order valence-corrected chi connectivity index (χ3v) is 7.68. The molecule has 1 atom stereocenters. The fourth-order valence-electron chi connectivity index (χ4n) is 3.35. The predicted octanol–water partition coefficient (Wildman–Crippen LogP) is 7.24. The molecule has 1 aromatic carbocycles. The third kappa shape index (κ3) is 6.09. The average Bonchev–Trinajstić information content (AvgIpc) is 3.38. The number of Topliss-reactive ketones (excluding diaryl/α,β-unsaturated/α-hetero) is 1.